The zero-order valence-corrected chi connectivity index (χ0v) is 17.0. The number of hydrogen-bond donors (Lipinski definition) is 2. The van der Waals surface area contributed by atoms with Crippen LogP contribution in [-0.2, 0) is 20.1 Å². The summed E-state index contributed by atoms with van der Waals surface area (Å²) in [7, 11) is -7.81. The average Bonchev–Trinajstić information content (AvgIpc) is 2.58. The van der Waals surface area contributed by atoms with E-state index < -0.39 is 61.1 Å². The van der Waals surface area contributed by atoms with Crippen LogP contribution in [0.5, 0.6) is 17.8 Å². The molecule has 0 aliphatic carbocycles. The van der Waals surface area contributed by atoms with E-state index in [4.69, 9.17) is 0 Å². The third-order valence-electron chi connectivity index (χ3n) is 2.82. The standard InChI is InChI=1S/C13H12F3N5O8S2/c1-27-11-18-9(19-12(20-11)28-13(14,15)16)17-10(22)21-31(25,26)8-6-4-3-5-7(8)29-30(2,23)24/h3-6H,1-2H3,(H2,17,18,19,20,21,22). The van der Waals surface area contributed by atoms with Crippen molar-refractivity contribution in [3.05, 3.63) is 24.3 Å². The van der Waals surface area contributed by atoms with Crippen molar-refractivity contribution in [2.45, 2.75) is 11.3 Å². The second-order valence-corrected chi connectivity index (χ2v) is 8.50. The van der Waals surface area contributed by atoms with E-state index in [1.165, 1.54) is 16.9 Å². The molecule has 0 saturated carbocycles. The number of carbonyl (C=O) groups is 1. The van der Waals surface area contributed by atoms with Crippen LogP contribution in [0, 0.1) is 0 Å². The maximum absolute atomic E-state index is 12.4. The van der Waals surface area contributed by atoms with Crippen LogP contribution in [0.3, 0.4) is 0 Å². The largest absolute Gasteiger partial charge is 0.575 e. The number of anilines is 1. The first-order valence-corrected chi connectivity index (χ1v) is 10.9. The Morgan fingerprint density at radius 2 is 1.65 bits per heavy atom. The van der Waals surface area contributed by atoms with Gasteiger partial charge in [-0.25, -0.2) is 17.9 Å². The summed E-state index contributed by atoms with van der Waals surface area (Å²) in [5, 5.41) is 1.76. The van der Waals surface area contributed by atoms with Gasteiger partial charge >= 0.3 is 34.5 Å². The molecule has 13 nitrogen and oxygen atoms in total. The molecule has 0 aliphatic heterocycles. The van der Waals surface area contributed by atoms with Gasteiger partial charge in [-0.3, -0.25) is 5.32 Å². The summed E-state index contributed by atoms with van der Waals surface area (Å²) in [6.45, 7) is 0. The summed E-state index contributed by atoms with van der Waals surface area (Å²) in [5.74, 6) is -1.45. The number of urea groups is 1. The van der Waals surface area contributed by atoms with E-state index >= 15 is 0 Å². The summed E-state index contributed by atoms with van der Waals surface area (Å²) in [4.78, 5) is 21.1. The Bertz CT molecular complexity index is 1190. The highest BCUT2D eigenvalue weighted by atomic mass is 32.2. The van der Waals surface area contributed by atoms with Crippen LogP contribution >= 0.6 is 0 Å². The molecule has 170 valence electrons. The van der Waals surface area contributed by atoms with Crippen LogP contribution in [-0.4, -0.2) is 57.5 Å². The van der Waals surface area contributed by atoms with E-state index in [9.17, 15) is 34.8 Å². The van der Waals surface area contributed by atoms with E-state index in [1.807, 2.05) is 0 Å². The highest BCUT2D eigenvalue weighted by Crippen LogP contribution is 2.25. The topological polar surface area (TPSA) is 176 Å². The van der Waals surface area contributed by atoms with Gasteiger partial charge in [0.1, 0.15) is 4.90 Å². The molecule has 0 bridgehead atoms. The number of aromatic nitrogens is 3. The molecule has 0 saturated heterocycles. The predicted octanol–water partition coefficient (Wildman–Crippen LogP) is 0.628. The molecule has 2 amide bonds. The Morgan fingerprint density at radius 1 is 1.03 bits per heavy atom. The Kier molecular flexibility index (Phi) is 6.74. The number of halogens is 3. The SMILES string of the molecule is COc1nc(NC(=O)NS(=O)(=O)c2ccccc2OS(C)(=O)=O)nc(OC(F)(F)F)n1. The molecule has 0 atom stereocenters. The third-order valence-corrected chi connectivity index (χ3v) is 4.67. The molecular weight excluding hydrogens is 475 g/mol. The van der Waals surface area contributed by atoms with Crippen LogP contribution in [0.15, 0.2) is 29.2 Å². The first-order valence-electron chi connectivity index (χ1n) is 7.56. The molecule has 2 N–H and O–H groups in total. The van der Waals surface area contributed by atoms with Crippen LogP contribution < -0.4 is 23.7 Å². The Balaban J connectivity index is 2.26. The number of para-hydroxylation sites is 1. The lowest BCUT2D eigenvalue weighted by molar-refractivity contribution is -0.277. The highest BCUT2D eigenvalue weighted by molar-refractivity contribution is 7.90. The Morgan fingerprint density at radius 3 is 2.23 bits per heavy atom. The number of rotatable bonds is 7. The summed E-state index contributed by atoms with van der Waals surface area (Å²) >= 11 is 0. The number of carbonyl (C=O) groups excluding carboxylic acids is 1. The number of hydrogen-bond acceptors (Lipinski definition) is 11. The van der Waals surface area contributed by atoms with Crippen molar-refractivity contribution >= 4 is 32.1 Å². The summed E-state index contributed by atoms with van der Waals surface area (Å²) in [6, 6.07) is 0.977. The molecule has 1 aromatic heterocycles. The van der Waals surface area contributed by atoms with E-state index in [0.717, 1.165) is 19.2 Å². The van der Waals surface area contributed by atoms with Gasteiger partial charge in [-0.1, -0.05) is 12.1 Å². The number of sulfonamides is 1. The molecule has 0 unspecified atom stereocenters. The summed E-state index contributed by atoms with van der Waals surface area (Å²) in [6.07, 6.45) is -4.50. The van der Waals surface area contributed by atoms with Gasteiger partial charge < -0.3 is 13.7 Å². The van der Waals surface area contributed by atoms with Crippen LogP contribution in [0.1, 0.15) is 0 Å². The van der Waals surface area contributed by atoms with Gasteiger partial charge in [0.25, 0.3) is 10.0 Å². The van der Waals surface area contributed by atoms with Crippen molar-refractivity contribution in [1.29, 1.82) is 0 Å². The predicted molar refractivity (Wildman–Crippen MR) is 94.3 cm³/mol. The normalized spacial score (nSPS) is 12.0. The van der Waals surface area contributed by atoms with E-state index in [1.54, 1.807) is 5.32 Å². The second-order valence-electron chi connectivity index (χ2n) is 5.27. The fourth-order valence-electron chi connectivity index (χ4n) is 1.84. The first kappa shape index (κ1) is 23.9. The Labute approximate surface area is 172 Å². The van der Waals surface area contributed by atoms with Crippen LogP contribution in [0.25, 0.3) is 0 Å². The zero-order valence-electron chi connectivity index (χ0n) is 15.4. The molecule has 1 heterocycles. The number of methoxy groups -OCH3 is 1. The maximum Gasteiger partial charge on any atom is 0.575 e. The highest BCUT2D eigenvalue weighted by Gasteiger charge is 2.33. The second kappa shape index (κ2) is 8.76. The summed E-state index contributed by atoms with van der Waals surface area (Å²) in [5.41, 5.74) is 0. The zero-order chi connectivity index (χ0) is 23.4. The lowest BCUT2D eigenvalue weighted by Gasteiger charge is -2.12. The Hall–Kier alpha value is -3.41. The van der Waals surface area contributed by atoms with Crippen molar-refractivity contribution in [3.63, 3.8) is 0 Å². The number of ether oxygens (including phenoxy) is 2. The molecular formula is C13H12F3N5O8S2. The molecule has 18 heteroatoms. The number of nitrogens with one attached hydrogen (secondary N) is 2. The van der Waals surface area contributed by atoms with Crippen molar-refractivity contribution in [2.24, 2.45) is 0 Å². The lowest BCUT2D eigenvalue weighted by atomic mass is 10.3. The first-order chi connectivity index (χ1) is 14.2. The number of benzene rings is 1. The fourth-order valence-corrected chi connectivity index (χ4v) is 3.40. The van der Waals surface area contributed by atoms with E-state index in [2.05, 4.69) is 28.6 Å². The fraction of sp³-hybridized carbons (Fsp3) is 0.231. The number of amides is 2. The number of alkyl halides is 3. The van der Waals surface area contributed by atoms with Gasteiger partial charge in [0, 0.05) is 0 Å². The van der Waals surface area contributed by atoms with Crippen molar-refractivity contribution in [1.82, 2.24) is 19.7 Å². The third kappa shape index (κ3) is 7.41. The lowest BCUT2D eigenvalue weighted by Crippen LogP contribution is -2.35. The molecule has 0 radical (unpaired) electrons. The quantitative estimate of drug-likeness (QED) is 0.524. The molecule has 2 rings (SSSR count). The van der Waals surface area contributed by atoms with Crippen LogP contribution in [0.2, 0.25) is 0 Å². The van der Waals surface area contributed by atoms with Gasteiger partial charge in [0.05, 0.1) is 13.4 Å². The summed E-state index contributed by atoms with van der Waals surface area (Å²) < 4.78 is 98.5. The van der Waals surface area contributed by atoms with Gasteiger partial charge in [-0.2, -0.15) is 18.4 Å². The van der Waals surface area contributed by atoms with Gasteiger partial charge in [-0.05, 0) is 12.1 Å². The maximum atomic E-state index is 12.4. The van der Waals surface area contributed by atoms with Crippen LogP contribution in [0.4, 0.5) is 23.9 Å². The minimum Gasteiger partial charge on any atom is -0.467 e. The molecule has 0 spiro atoms. The minimum absolute atomic E-state index is 0.604. The molecule has 2 aromatic rings. The smallest absolute Gasteiger partial charge is 0.467 e. The number of nitrogens with zero attached hydrogens (tertiary/aromatic N) is 3. The van der Waals surface area contributed by atoms with Crippen molar-refractivity contribution < 1.29 is 48.5 Å². The minimum atomic E-state index is -5.17. The van der Waals surface area contributed by atoms with Gasteiger partial charge in [0.15, 0.2) is 5.75 Å². The van der Waals surface area contributed by atoms with E-state index in [0.29, 0.717) is 6.26 Å². The molecule has 1 aromatic carbocycles. The molecule has 0 aliphatic rings. The van der Waals surface area contributed by atoms with E-state index in [-0.39, 0.29) is 0 Å². The van der Waals surface area contributed by atoms with Crippen molar-refractivity contribution in [2.75, 3.05) is 18.7 Å². The van der Waals surface area contributed by atoms with Gasteiger partial charge in [-0.15, -0.1) is 18.2 Å². The van der Waals surface area contributed by atoms with Crippen molar-refractivity contribution in [3.8, 4) is 17.8 Å². The molecule has 0 fully saturated rings. The monoisotopic (exact) mass is 487 g/mol. The average molecular weight is 487 g/mol. The van der Waals surface area contributed by atoms with Gasteiger partial charge in [0.2, 0.25) is 5.95 Å². The molecule has 31 heavy (non-hydrogen) atoms.